The molecule has 2 aliphatic rings. The second-order valence-electron chi connectivity index (χ2n) is 6.49. The molecule has 1 aromatic heterocycles. The monoisotopic (exact) mass is 350 g/mol. The zero-order valence-corrected chi connectivity index (χ0v) is 15.1. The van der Waals surface area contributed by atoms with Gasteiger partial charge in [-0.25, -0.2) is 0 Å². The number of likely N-dealkylation sites (tertiary alicyclic amines) is 1. The SMILES string of the molecule is Cl.Cn1c2c(c3ccccc31)C(=O)C(CN1CCCCC1)CS2. The van der Waals surface area contributed by atoms with Crippen molar-refractivity contribution in [2.45, 2.75) is 24.3 Å². The fourth-order valence-electron chi connectivity index (χ4n) is 3.83. The van der Waals surface area contributed by atoms with Crippen molar-refractivity contribution in [2.24, 2.45) is 13.0 Å². The zero-order chi connectivity index (χ0) is 15.1. The van der Waals surface area contributed by atoms with Crippen LogP contribution in [0, 0.1) is 5.92 Å². The number of hydrogen-bond donors (Lipinski definition) is 0. The first kappa shape index (κ1) is 16.9. The van der Waals surface area contributed by atoms with Gasteiger partial charge in [0.05, 0.1) is 10.6 Å². The number of carbonyl (C=O) groups is 1. The van der Waals surface area contributed by atoms with E-state index in [1.807, 2.05) is 23.9 Å². The highest BCUT2D eigenvalue weighted by Gasteiger charge is 2.33. The molecule has 4 rings (SSSR count). The van der Waals surface area contributed by atoms with Crippen LogP contribution in [-0.2, 0) is 7.05 Å². The predicted octanol–water partition coefficient (Wildman–Crippen LogP) is 3.99. The van der Waals surface area contributed by atoms with Crippen LogP contribution in [0.15, 0.2) is 29.3 Å². The number of aryl methyl sites for hydroxylation is 1. The molecular weight excluding hydrogens is 328 g/mol. The Balaban J connectivity index is 0.00000156. The number of halogens is 1. The van der Waals surface area contributed by atoms with Crippen molar-refractivity contribution in [1.82, 2.24) is 9.47 Å². The van der Waals surface area contributed by atoms with Gasteiger partial charge in [0.1, 0.15) is 0 Å². The number of benzene rings is 1. The molecule has 1 saturated heterocycles. The first-order chi connectivity index (χ1) is 10.8. The molecule has 0 saturated carbocycles. The number of rotatable bonds is 2. The Labute approximate surface area is 147 Å². The van der Waals surface area contributed by atoms with Gasteiger partial charge < -0.3 is 9.47 Å². The molecule has 3 nitrogen and oxygen atoms in total. The van der Waals surface area contributed by atoms with Crippen LogP contribution >= 0.6 is 24.2 Å². The van der Waals surface area contributed by atoms with Gasteiger partial charge in [-0.15, -0.1) is 24.2 Å². The first-order valence-corrected chi connectivity index (χ1v) is 9.21. The molecule has 2 aliphatic heterocycles. The van der Waals surface area contributed by atoms with E-state index in [1.165, 1.54) is 24.8 Å². The Morgan fingerprint density at radius 2 is 1.91 bits per heavy atom. The number of thioether (sulfide) groups is 1. The third-order valence-electron chi connectivity index (χ3n) is 5.02. The van der Waals surface area contributed by atoms with Crippen LogP contribution in [-0.4, -0.2) is 40.6 Å². The van der Waals surface area contributed by atoms with E-state index in [1.54, 1.807) is 0 Å². The number of carbonyl (C=O) groups excluding carboxylic acids is 1. The number of piperidine rings is 1. The highest BCUT2D eigenvalue weighted by Crippen LogP contribution is 2.39. The highest BCUT2D eigenvalue weighted by molar-refractivity contribution is 7.99. The van der Waals surface area contributed by atoms with E-state index in [0.29, 0.717) is 5.78 Å². The van der Waals surface area contributed by atoms with E-state index in [-0.39, 0.29) is 18.3 Å². The molecule has 2 aromatic rings. The lowest BCUT2D eigenvalue weighted by molar-refractivity contribution is 0.0882. The van der Waals surface area contributed by atoms with Crippen molar-refractivity contribution in [2.75, 3.05) is 25.4 Å². The number of nitrogens with zero attached hydrogens (tertiary/aromatic N) is 2. The third-order valence-corrected chi connectivity index (χ3v) is 6.34. The molecule has 0 N–H and O–H groups in total. The van der Waals surface area contributed by atoms with Gasteiger partial charge in [0.15, 0.2) is 5.78 Å². The number of hydrogen-bond acceptors (Lipinski definition) is 3. The molecule has 0 radical (unpaired) electrons. The number of aromatic nitrogens is 1. The lowest BCUT2D eigenvalue weighted by Crippen LogP contribution is -2.39. The molecule has 5 heteroatoms. The molecule has 1 fully saturated rings. The van der Waals surface area contributed by atoms with Gasteiger partial charge in [0.2, 0.25) is 0 Å². The number of ketones is 1. The van der Waals surface area contributed by atoms with Gasteiger partial charge in [0, 0.05) is 36.2 Å². The Bertz CT molecular complexity index is 721. The van der Waals surface area contributed by atoms with Crippen molar-refractivity contribution < 1.29 is 4.79 Å². The van der Waals surface area contributed by atoms with Gasteiger partial charge in [-0.3, -0.25) is 4.79 Å². The summed E-state index contributed by atoms with van der Waals surface area (Å²) in [6.45, 7) is 3.27. The van der Waals surface area contributed by atoms with Crippen LogP contribution in [0.4, 0.5) is 0 Å². The maximum absolute atomic E-state index is 13.1. The summed E-state index contributed by atoms with van der Waals surface area (Å²) < 4.78 is 2.18. The largest absolute Gasteiger partial charge is 0.338 e. The fraction of sp³-hybridized carbons (Fsp3) is 0.500. The maximum atomic E-state index is 13.1. The van der Waals surface area contributed by atoms with Gasteiger partial charge in [-0.05, 0) is 32.0 Å². The maximum Gasteiger partial charge on any atom is 0.171 e. The molecule has 1 aromatic carbocycles. The van der Waals surface area contributed by atoms with E-state index in [4.69, 9.17) is 0 Å². The van der Waals surface area contributed by atoms with Gasteiger partial charge in [-0.1, -0.05) is 24.6 Å². The van der Waals surface area contributed by atoms with Crippen LogP contribution in [0.2, 0.25) is 0 Å². The molecule has 1 atom stereocenters. The molecule has 23 heavy (non-hydrogen) atoms. The number of fused-ring (bicyclic) bond motifs is 3. The van der Waals surface area contributed by atoms with Crippen LogP contribution in [0.25, 0.3) is 10.9 Å². The van der Waals surface area contributed by atoms with Crippen LogP contribution in [0.5, 0.6) is 0 Å². The van der Waals surface area contributed by atoms with E-state index < -0.39 is 0 Å². The first-order valence-electron chi connectivity index (χ1n) is 8.22. The summed E-state index contributed by atoms with van der Waals surface area (Å²) in [5, 5.41) is 2.28. The molecule has 124 valence electrons. The average molecular weight is 351 g/mol. The van der Waals surface area contributed by atoms with Crippen molar-refractivity contribution in [3.05, 3.63) is 29.8 Å². The normalized spacial score (nSPS) is 22.0. The predicted molar refractivity (Wildman–Crippen MR) is 99.0 cm³/mol. The van der Waals surface area contributed by atoms with Gasteiger partial charge in [-0.2, -0.15) is 0 Å². The van der Waals surface area contributed by atoms with Gasteiger partial charge >= 0.3 is 0 Å². The van der Waals surface area contributed by atoms with Crippen molar-refractivity contribution in [3.8, 4) is 0 Å². The minimum absolute atomic E-state index is 0. The molecular formula is C18H23ClN2OS. The summed E-state index contributed by atoms with van der Waals surface area (Å²) in [6.07, 6.45) is 3.92. The van der Waals surface area contributed by atoms with E-state index >= 15 is 0 Å². The quantitative estimate of drug-likeness (QED) is 0.818. The smallest absolute Gasteiger partial charge is 0.171 e. The Hall–Kier alpha value is -0.970. The second-order valence-corrected chi connectivity index (χ2v) is 7.50. The Morgan fingerprint density at radius 1 is 1.17 bits per heavy atom. The number of Topliss-reactive ketones (excluding diaryl/α,β-unsaturated/α-hetero) is 1. The van der Waals surface area contributed by atoms with Crippen LogP contribution < -0.4 is 0 Å². The van der Waals surface area contributed by atoms with Crippen LogP contribution in [0.3, 0.4) is 0 Å². The standard InChI is InChI=1S/C18H22N2OS.ClH/c1-19-15-8-4-3-7-14(15)16-17(21)13(12-22-18(16)19)11-20-9-5-2-6-10-20;/h3-4,7-8,13H,2,5-6,9-12H2,1H3;1H. The van der Waals surface area contributed by atoms with Gasteiger partial charge in [0.25, 0.3) is 0 Å². The zero-order valence-electron chi connectivity index (χ0n) is 13.5. The lowest BCUT2D eigenvalue weighted by Gasteiger charge is -2.31. The summed E-state index contributed by atoms with van der Waals surface area (Å²) >= 11 is 1.86. The minimum atomic E-state index is 0. The topological polar surface area (TPSA) is 25.2 Å². The molecule has 1 unspecified atom stereocenters. The minimum Gasteiger partial charge on any atom is -0.338 e. The Kier molecular flexibility index (Phi) is 5.04. The molecule has 0 amide bonds. The third kappa shape index (κ3) is 2.92. The summed E-state index contributed by atoms with van der Waals surface area (Å²) in [6, 6.07) is 8.29. The molecule has 3 heterocycles. The second kappa shape index (κ2) is 6.88. The van der Waals surface area contributed by atoms with Crippen LogP contribution in [0.1, 0.15) is 29.6 Å². The van der Waals surface area contributed by atoms with E-state index in [9.17, 15) is 4.79 Å². The lowest BCUT2D eigenvalue weighted by atomic mass is 9.96. The molecule has 0 bridgehead atoms. The number of para-hydroxylation sites is 1. The highest BCUT2D eigenvalue weighted by atomic mass is 35.5. The summed E-state index contributed by atoms with van der Waals surface area (Å²) in [4.78, 5) is 15.6. The molecule has 0 aliphatic carbocycles. The van der Waals surface area contributed by atoms with Crippen molar-refractivity contribution in [1.29, 1.82) is 0 Å². The Morgan fingerprint density at radius 3 is 2.70 bits per heavy atom. The summed E-state index contributed by atoms with van der Waals surface area (Å²) in [7, 11) is 2.08. The molecule has 0 spiro atoms. The average Bonchev–Trinajstić information content (AvgIpc) is 2.85. The van der Waals surface area contributed by atoms with E-state index in [2.05, 4.69) is 28.6 Å². The summed E-state index contributed by atoms with van der Waals surface area (Å²) in [5.74, 6) is 1.43. The van der Waals surface area contributed by atoms with Crippen molar-refractivity contribution in [3.63, 3.8) is 0 Å². The summed E-state index contributed by atoms with van der Waals surface area (Å²) in [5.41, 5.74) is 2.14. The van der Waals surface area contributed by atoms with Crippen molar-refractivity contribution >= 4 is 40.9 Å². The fourth-order valence-corrected chi connectivity index (χ4v) is 5.09. The van der Waals surface area contributed by atoms with E-state index in [0.717, 1.165) is 41.4 Å².